The number of benzene rings is 1. The number of fused-ring (bicyclic) bond motifs is 1. The first-order valence-corrected chi connectivity index (χ1v) is 6.92. The summed E-state index contributed by atoms with van der Waals surface area (Å²) in [5.74, 6) is 0.103. The zero-order valence-electron chi connectivity index (χ0n) is 10.9. The quantitative estimate of drug-likeness (QED) is 0.869. The molecule has 3 rings (SSSR count). The fourth-order valence-corrected chi connectivity index (χ4v) is 3.12. The van der Waals surface area contributed by atoms with Gasteiger partial charge >= 0.3 is 0 Å². The van der Waals surface area contributed by atoms with Crippen LogP contribution in [0, 0.1) is 11.3 Å². The molecular weight excluding hydrogens is 276 g/mol. The lowest BCUT2D eigenvalue weighted by Gasteiger charge is -2.19. The Hall–Kier alpha value is -1.81. The number of likely N-dealkylation sites (tertiary alicyclic amines) is 1. The van der Waals surface area contributed by atoms with Crippen molar-refractivity contribution in [3.63, 3.8) is 0 Å². The van der Waals surface area contributed by atoms with E-state index in [1.807, 2.05) is 12.1 Å². The number of hydrogen-bond acceptors (Lipinski definition) is 2. The fraction of sp³-hybridized carbons (Fsp3) is 0.333. The number of hydrogen-bond donors (Lipinski definition) is 1. The van der Waals surface area contributed by atoms with E-state index in [2.05, 4.69) is 11.9 Å². The maximum absolute atomic E-state index is 12.5. The lowest BCUT2D eigenvalue weighted by Crippen LogP contribution is -2.34. The Balaban J connectivity index is 1.72. The number of halogens is 1. The Morgan fingerprint density at radius 2 is 2.20 bits per heavy atom. The molecule has 1 saturated carbocycles. The van der Waals surface area contributed by atoms with E-state index in [0.717, 1.165) is 6.42 Å². The number of nitrogens with one attached hydrogen (secondary N) is 1. The maximum Gasteiger partial charge on any atom is 0.245 e. The fourth-order valence-electron chi connectivity index (χ4n) is 2.94. The number of amides is 2. The third kappa shape index (κ3) is 2.00. The van der Waals surface area contributed by atoms with Gasteiger partial charge in [-0.25, -0.2) is 0 Å². The van der Waals surface area contributed by atoms with Gasteiger partial charge in [0.05, 0.1) is 16.1 Å². The summed E-state index contributed by atoms with van der Waals surface area (Å²) in [6, 6.07) is 7.15. The zero-order chi connectivity index (χ0) is 14.3. The minimum Gasteiger partial charge on any atom is -0.338 e. The summed E-state index contributed by atoms with van der Waals surface area (Å²) in [6.07, 6.45) is 2.13. The van der Waals surface area contributed by atoms with Crippen molar-refractivity contribution in [2.24, 2.45) is 11.3 Å². The summed E-state index contributed by atoms with van der Waals surface area (Å²) >= 11 is 6.04. The normalized spacial score (nSPS) is 26.9. The molecule has 1 aromatic carbocycles. The summed E-state index contributed by atoms with van der Waals surface area (Å²) in [5, 5.41) is 3.40. The minimum absolute atomic E-state index is 0.0463. The van der Waals surface area contributed by atoms with Gasteiger partial charge in [-0.3, -0.25) is 9.59 Å². The second-order valence-corrected chi connectivity index (χ2v) is 5.82. The summed E-state index contributed by atoms with van der Waals surface area (Å²) in [7, 11) is 0. The van der Waals surface area contributed by atoms with E-state index < -0.39 is 5.41 Å². The number of rotatable bonds is 3. The third-order valence-electron chi connectivity index (χ3n) is 4.21. The Morgan fingerprint density at radius 1 is 1.45 bits per heavy atom. The molecule has 1 heterocycles. The second-order valence-electron chi connectivity index (χ2n) is 5.41. The number of para-hydroxylation sites is 1. The molecule has 2 fully saturated rings. The molecule has 1 aliphatic carbocycles. The molecular formula is C15H15ClN2O2. The zero-order valence-corrected chi connectivity index (χ0v) is 11.7. The van der Waals surface area contributed by atoms with Gasteiger partial charge in [-0.05, 0) is 30.5 Å². The molecule has 104 valence electrons. The van der Waals surface area contributed by atoms with Gasteiger partial charge in [0.25, 0.3) is 0 Å². The van der Waals surface area contributed by atoms with Gasteiger partial charge in [0.15, 0.2) is 0 Å². The highest BCUT2D eigenvalue weighted by molar-refractivity contribution is 6.33. The van der Waals surface area contributed by atoms with E-state index in [4.69, 9.17) is 11.6 Å². The van der Waals surface area contributed by atoms with Crippen LogP contribution in [-0.2, 0) is 9.59 Å². The smallest absolute Gasteiger partial charge is 0.245 e. The lowest BCUT2D eigenvalue weighted by atomic mass is 10.1. The van der Waals surface area contributed by atoms with Gasteiger partial charge in [-0.15, -0.1) is 0 Å². The van der Waals surface area contributed by atoms with Gasteiger partial charge in [0.2, 0.25) is 11.8 Å². The topological polar surface area (TPSA) is 49.4 Å². The van der Waals surface area contributed by atoms with Crippen LogP contribution in [0.3, 0.4) is 0 Å². The number of carbonyl (C=O) groups excluding carboxylic acids is 2. The molecule has 5 heteroatoms. The van der Waals surface area contributed by atoms with Crippen molar-refractivity contribution in [3.8, 4) is 0 Å². The third-order valence-corrected chi connectivity index (χ3v) is 4.54. The largest absolute Gasteiger partial charge is 0.338 e. The van der Waals surface area contributed by atoms with Crippen LogP contribution >= 0.6 is 11.6 Å². The van der Waals surface area contributed by atoms with Crippen LogP contribution in [0.5, 0.6) is 0 Å². The summed E-state index contributed by atoms with van der Waals surface area (Å²) in [4.78, 5) is 25.8. The molecule has 2 amide bonds. The summed E-state index contributed by atoms with van der Waals surface area (Å²) in [6.45, 7) is 4.59. The SMILES string of the molecule is C=CC(=O)N1CC2CC2(C(=O)Nc2ccccc2Cl)C1. The van der Waals surface area contributed by atoms with Gasteiger partial charge in [0.1, 0.15) is 0 Å². The van der Waals surface area contributed by atoms with Crippen molar-refractivity contribution in [1.82, 2.24) is 4.90 Å². The van der Waals surface area contributed by atoms with E-state index in [1.54, 1.807) is 17.0 Å². The van der Waals surface area contributed by atoms with Crippen molar-refractivity contribution in [2.75, 3.05) is 18.4 Å². The molecule has 2 unspecified atom stereocenters. The molecule has 0 radical (unpaired) electrons. The highest BCUT2D eigenvalue weighted by Gasteiger charge is 2.65. The van der Waals surface area contributed by atoms with E-state index >= 15 is 0 Å². The van der Waals surface area contributed by atoms with Gasteiger partial charge in [-0.2, -0.15) is 0 Å². The van der Waals surface area contributed by atoms with Crippen LogP contribution in [0.1, 0.15) is 6.42 Å². The van der Waals surface area contributed by atoms with Crippen molar-refractivity contribution in [3.05, 3.63) is 41.9 Å². The molecule has 2 aliphatic rings. The van der Waals surface area contributed by atoms with E-state index in [9.17, 15) is 9.59 Å². The van der Waals surface area contributed by atoms with E-state index in [0.29, 0.717) is 23.8 Å². The standard InChI is InChI=1S/C15H15ClN2O2/c1-2-13(19)18-8-10-7-15(10,9-18)14(20)17-12-6-4-3-5-11(12)16/h2-6,10H,1,7-9H2,(H,17,20). The van der Waals surface area contributed by atoms with Gasteiger partial charge in [0, 0.05) is 13.1 Å². The highest BCUT2D eigenvalue weighted by atomic mass is 35.5. The molecule has 1 aromatic rings. The Bertz CT molecular complexity index is 601. The van der Waals surface area contributed by atoms with E-state index in [1.165, 1.54) is 6.08 Å². The van der Waals surface area contributed by atoms with Crippen LogP contribution in [0.25, 0.3) is 0 Å². The number of nitrogens with zero attached hydrogens (tertiary/aromatic N) is 1. The summed E-state index contributed by atoms with van der Waals surface area (Å²) in [5.41, 5.74) is 0.186. The van der Waals surface area contributed by atoms with Crippen LogP contribution in [0.4, 0.5) is 5.69 Å². The first kappa shape index (κ1) is 13.2. The maximum atomic E-state index is 12.5. The number of anilines is 1. The number of piperidine rings is 1. The second kappa shape index (κ2) is 4.63. The molecule has 20 heavy (non-hydrogen) atoms. The van der Waals surface area contributed by atoms with Gasteiger partial charge < -0.3 is 10.2 Å². The van der Waals surface area contributed by atoms with Crippen LogP contribution in [0.15, 0.2) is 36.9 Å². The molecule has 1 N–H and O–H groups in total. The Kier molecular flexibility index (Phi) is 3.05. The number of carbonyl (C=O) groups is 2. The molecule has 1 aliphatic heterocycles. The Labute approximate surface area is 122 Å². The van der Waals surface area contributed by atoms with Crippen LogP contribution < -0.4 is 5.32 Å². The molecule has 4 nitrogen and oxygen atoms in total. The monoisotopic (exact) mass is 290 g/mol. The average Bonchev–Trinajstić information content (AvgIpc) is 3.03. The molecule has 2 atom stereocenters. The molecule has 0 bridgehead atoms. The first-order chi connectivity index (χ1) is 9.56. The van der Waals surface area contributed by atoms with Crippen molar-refractivity contribution in [1.29, 1.82) is 0 Å². The van der Waals surface area contributed by atoms with Crippen molar-refractivity contribution in [2.45, 2.75) is 6.42 Å². The van der Waals surface area contributed by atoms with Crippen LogP contribution in [-0.4, -0.2) is 29.8 Å². The van der Waals surface area contributed by atoms with Crippen LogP contribution in [0.2, 0.25) is 5.02 Å². The Morgan fingerprint density at radius 3 is 2.90 bits per heavy atom. The van der Waals surface area contributed by atoms with E-state index in [-0.39, 0.29) is 17.7 Å². The predicted octanol–water partition coefficient (Wildman–Crippen LogP) is 2.31. The van der Waals surface area contributed by atoms with Crippen molar-refractivity contribution < 1.29 is 9.59 Å². The lowest BCUT2D eigenvalue weighted by molar-refractivity contribution is -0.126. The molecule has 0 spiro atoms. The average molecular weight is 291 g/mol. The van der Waals surface area contributed by atoms with Gasteiger partial charge in [-0.1, -0.05) is 30.3 Å². The first-order valence-electron chi connectivity index (χ1n) is 6.54. The van der Waals surface area contributed by atoms with Crippen molar-refractivity contribution >= 4 is 29.1 Å². The highest BCUT2D eigenvalue weighted by Crippen LogP contribution is 2.58. The minimum atomic E-state index is -0.433. The predicted molar refractivity (Wildman–Crippen MR) is 77.4 cm³/mol. The molecule has 0 aromatic heterocycles. The summed E-state index contributed by atoms with van der Waals surface area (Å²) < 4.78 is 0. The molecule has 1 saturated heterocycles.